The van der Waals surface area contributed by atoms with E-state index >= 15 is 0 Å². The summed E-state index contributed by atoms with van der Waals surface area (Å²) in [5.74, 6) is 0. The van der Waals surface area contributed by atoms with Crippen LogP contribution in [0.2, 0.25) is 0 Å². The lowest BCUT2D eigenvalue weighted by molar-refractivity contribution is -0.00688. The van der Waals surface area contributed by atoms with Crippen LogP contribution in [0.1, 0.15) is 32.9 Å². The molecule has 0 saturated carbocycles. The average Bonchev–Trinajstić information content (AvgIpc) is 2.84. The molecule has 0 radical (unpaired) electrons. The number of hydrogen-bond donors (Lipinski definition) is 1. The van der Waals surface area contributed by atoms with Gasteiger partial charge in [0.05, 0.1) is 31.6 Å². The van der Waals surface area contributed by atoms with E-state index in [1.807, 2.05) is 24.7 Å². The molecule has 0 fully saturated rings. The third kappa shape index (κ3) is 7.25. The van der Waals surface area contributed by atoms with Crippen LogP contribution in [-0.2, 0) is 22.6 Å². The predicted octanol–water partition coefficient (Wildman–Crippen LogP) is 1.22. The van der Waals surface area contributed by atoms with Crippen LogP contribution in [0.3, 0.4) is 0 Å². The van der Waals surface area contributed by atoms with Gasteiger partial charge < -0.3 is 14.8 Å². The SMILES string of the molecule is CCCNCc1cn(CCOC(C)COCC)nn1. The van der Waals surface area contributed by atoms with Crippen molar-refractivity contribution in [3.8, 4) is 0 Å². The minimum Gasteiger partial charge on any atom is -0.379 e. The van der Waals surface area contributed by atoms with Gasteiger partial charge in [-0.05, 0) is 26.8 Å². The van der Waals surface area contributed by atoms with Crippen LogP contribution in [-0.4, -0.2) is 47.5 Å². The maximum absolute atomic E-state index is 5.63. The van der Waals surface area contributed by atoms with Gasteiger partial charge in [0.1, 0.15) is 0 Å². The molecular formula is C13H26N4O2. The second-order valence-electron chi connectivity index (χ2n) is 4.49. The summed E-state index contributed by atoms with van der Waals surface area (Å²) >= 11 is 0. The quantitative estimate of drug-likeness (QED) is 0.613. The molecule has 0 bridgehead atoms. The number of ether oxygens (including phenoxy) is 2. The number of nitrogens with one attached hydrogen (secondary N) is 1. The Kier molecular flexibility index (Phi) is 8.36. The van der Waals surface area contributed by atoms with Crippen molar-refractivity contribution >= 4 is 0 Å². The van der Waals surface area contributed by atoms with Crippen molar-refractivity contribution in [3.05, 3.63) is 11.9 Å². The first kappa shape index (κ1) is 16.1. The van der Waals surface area contributed by atoms with Crippen molar-refractivity contribution in [1.82, 2.24) is 20.3 Å². The van der Waals surface area contributed by atoms with Crippen molar-refractivity contribution in [3.63, 3.8) is 0 Å². The van der Waals surface area contributed by atoms with Crippen molar-refractivity contribution < 1.29 is 9.47 Å². The van der Waals surface area contributed by atoms with E-state index in [4.69, 9.17) is 9.47 Å². The zero-order chi connectivity index (χ0) is 13.9. The first-order valence-corrected chi connectivity index (χ1v) is 7.05. The highest BCUT2D eigenvalue weighted by Crippen LogP contribution is 1.96. The lowest BCUT2D eigenvalue weighted by atomic mass is 10.4. The molecular weight excluding hydrogens is 244 g/mol. The molecule has 19 heavy (non-hydrogen) atoms. The van der Waals surface area contributed by atoms with Crippen LogP contribution < -0.4 is 5.32 Å². The van der Waals surface area contributed by atoms with Gasteiger partial charge in [0.15, 0.2) is 0 Å². The van der Waals surface area contributed by atoms with E-state index in [1.165, 1.54) is 0 Å². The fraction of sp³-hybridized carbons (Fsp3) is 0.846. The van der Waals surface area contributed by atoms with Gasteiger partial charge in [-0.25, -0.2) is 4.68 Å². The van der Waals surface area contributed by atoms with E-state index in [0.717, 1.165) is 38.4 Å². The Morgan fingerprint density at radius 2 is 2.26 bits per heavy atom. The van der Waals surface area contributed by atoms with Gasteiger partial charge in [-0.3, -0.25) is 0 Å². The molecule has 6 heteroatoms. The van der Waals surface area contributed by atoms with E-state index in [9.17, 15) is 0 Å². The minimum atomic E-state index is 0.120. The monoisotopic (exact) mass is 270 g/mol. The summed E-state index contributed by atoms with van der Waals surface area (Å²) in [6.07, 6.45) is 3.20. The van der Waals surface area contributed by atoms with Gasteiger partial charge in [-0.1, -0.05) is 12.1 Å². The third-order valence-electron chi connectivity index (χ3n) is 2.60. The Balaban J connectivity index is 2.15. The van der Waals surface area contributed by atoms with Crippen LogP contribution in [0.5, 0.6) is 0 Å². The summed E-state index contributed by atoms with van der Waals surface area (Å²) < 4.78 is 12.7. The van der Waals surface area contributed by atoms with E-state index in [2.05, 4.69) is 22.6 Å². The maximum atomic E-state index is 5.63. The van der Waals surface area contributed by atoms with Crippen LogP contribution in [0.25, 0.3) is 0 Å². The maximum Gasteiger partial charge on any atom is 0.0964 e. The van der Waals surface area contributed by atoms with Crippen molar-refractivity contribution in [2.45, 2.75) is 46.4 Å². The molecule has 0 aliphatic heterocycles. The van der Waals surface area contributed by atoms with Crippen LogP contribution in [0, 0.1) is 0 Å². The van der Waals surface area contributed by atoms with Crippen LogP contribution in [0.15, 0.2) is 6.20 Å². The summed E-state index contributed by atoms with van der Waals surface area (Å²) in [7, 11) is 0. The highest BCUT2D eigenvalue weighted by molar-refractivity contribution is 4.91. The number of hydrogen-bond acceptors (Lipinski definition) is 5. The molecule has 0 saturated heterocycles. The van der Waals surface area contributed by atoms with Gasteiger partial charge in [-0.2, -0.15) is 0 Å². The van der Waals surface area contributed by atoms with Crippen molar-refractivity contribution in [2.24, 2.45) is 0 Å². The molecule has 0 amide bonds. The summed E-state index contributed by atoms with van der Waals surface area (Å²) in [4.78, 5) is 0. The second-order valence-corrected chi connectivity index (χ2v) is 4.49. The predicted molar refractivity (Wildman–Crippen MR) is 73.9 cm³/mol. The first-order chi connectivity index (χ1) is 9.26. The molecule has 1 aromatic heterocycles. The highest BCUT2D eigenvalue weighted by atomic mass is 16.5. The summed E-state index contributed by atoms with van der Waals surface area (Å²) in [6, 6.07) is 0. The summed E-state index contributed by atoms with van der Waals surface area (Å²) in [5.41, 5.74) is 0.968. The standard InChI is InChI=1S/C13H26N4O2/c1-4-6-14-9-13-10-17(16-15-13)7-8-19-12(3)11-18-5-2/h10,12,14H,4-9,11H2,1-3H3. The zero-order valence-electron chi connectivity index (χ0n) is 12.3. The minimum absolute atomic E-state index is 0.120. The van der Waals surface area contributed by atoms with E-state index in [0.29, 0.717) is 13.2 Å². The van der Waals surface area contributed by atoms with Crippen molar-refractivity contribution in [2.75, 3.05) is 26.4 Å². The van der Waals surface area contributed by atoms with Crippen LogP contribution in [0.4, 0.5) is 0 Å². The van der Waals surface area contributed by atoms with Gasteiger partial charge in [-0.15, -0.1) is 5.10 Å². The number of nitrogens with zero attached hydrogens (tertiary/aromatic N) is 3. The number of rotatable bonds is 11. The number of aromatic nitrogens is 3. The third-order valence-corrected chi connectivity index (χ3v) is 2.60. The van der Waals surface area contributed by atoms with Gasteiger partial charge >= 0.3 is 0 Å². The topological polar surface area (TPSA) is 61.2 Å². The molecule has 0 aliphatic carbocycles. The van der Waals surface area contributed by atoms with Gasteiger partial charge in [0.2, 0.25) is 0 Å². The fourth-order valence-electron chi connectivity index (χ4n) is 1.60. The fourth-order valence-corrected chi connectivity index (χ4v) is 1.60. The summed E-state index contributed by atoms with van der Waals surface area (Å²) in [5, 5.41) is 11.5. The van der Waals surface area contributed by atoms with E-state index in [1.54, 1.807) is 0 Å². The van der Waals surface area contributed by atoms with Gasteiger partial charge in [0.25, 0.3) is 0 Å². The van der Waals surface area contributed by atoms with Crippen LogP contribution >= 0.6 is 0 Å². The molecule has 110 valence electrons. The molecule has 6 nitrogen and oxygen atoms in total. The Labute approximate surface area is 115 Å². The Morgan fingerprint density at radius 3 is 3.00 bits per heavy atom. The lowest BCUT2D eigenvalue weighted by Gasteiger charge is -2.12. The Morgan fingerprint density at radius 1 is 1.42 bits per heavy atom. The Bertz CT molecular complexity index is 330. The molecule has 1 rings (SSSR count). The molecule has 1 atom stereocenters. The van der Waals surface area contributed by atoms with Crippen molar-refractivity contribution in [1.29, 1.82) is 0 Å². The molecule has 0 aromatic carbocycles. The van der Waals surface area contributed by atoms with E-state index < -0.39 is 0 Å². The smallest absolute Gasteiger partial charge is 0.0964 e. The molecule has 0 aliphatic rings. The first-order valence-electron chi connectivity index (χ1n) is 7.05. The van der Waals surface area contributed by atoms with E-state index in [-0.39, 0.29) is 6.10 Å². The largest absolute Gasteiger partial charge is 0.379 e. The zero-order valence-corrected chi connectivity index (χ0v) is 12.3. The molecule has 1 aromatic rings. The molecule has 0 spiro atoms. The lowest BCUT2D eigenvalue weighted by Crippen LogP contribution is -2.19. The summed E-state index contributed by atoms with van der Waals surface area (Å²) in [6.45, 7) is 10.6. The Hall–Kier alpha value is -0.980. The molecule has 1 unspecified atom stereocenters. The molecule has 1 heterocycles. The van der Waals surface area contributed by atoms with Gasteiger partial charge in [0, 0.05) is 19.3 Å². The normalized spacial score (nSPS) is 12.8. The second kappa shape index (κ2) is 9.89. The average molecular weight is 270 g/mol. The molecule has 1 N–H and O–H groups in total. The highest BCUT2D eigenvalue weighted by Gasteiger charge is 2.03.